The molecule has 2 heterocycles. The van der Waals surface area contributed by atoms with Crippen LogP contribution in [-0.2, 0) is 0 Å². The van der Waals surface area contributed by atoms with E-state index in [1.807, 2.05) is 24.3 Å². The zero-order chi connectivity index (χ0) is 13.4. The molecule has 0 saturated carbocycles. The van der Waals surface area contributed by atoms with Gasteiger partial charge in [-0.05, 0) is 6.07 Å². The number of carboxylic acid groups (broad SMARTS) is 1. The molecule has 1 aromatic carbocycles. The largest absolute Gasteiger partial charge is 0.492 e. The zero-order valence-electron chi connectivity index (χ0n) is 9.91. The van der Waals surface area contributed by atoms with E-state index < -0.39 is 5.97 Å². The van der Waals surface area contributed by atoms with Crippen molar-refractivity contribution in [2.24, 2.45) is 0 Å². The minimum absolute atomic E-state index is 0.0260. The van der Waals surface area contributed by atoms with Crippen LogP contribution in [0.3, 0.4) is 0 Å². The summed E-state index contributed by atoms with van der Waals surface area (Å²) in [5.74, 6) is 0.0137. The van der Waals surface area contributed by atoms with E-state index in [1.165, 1.54) is 6.20 Å². The SMILES string of the molecule is Nc1nc(C2COc3ccccc32)ncc1C(=O)O. The molecular formula is C13H11N3O3. The molecule has 0 spiro atoms. The second-order valence-corrected chi connectivity index (χ2v) is 4.23. The van der Waals surface area contributed by atoms with Crippen LogP contribution in [0.4, 0.5) is 5.82 Å². The maximum atomic E-state index is 10.9. The van der Waals surface area contributed by atoms with Crippen LogP contribution in [0, 0.1) is 0 Å². The first-order valence-corrected chi connectivity index (χ1v) is 5.74. The van der Waals surface area contributed by atoms with Gasteiger partial charge in [-0.3, -0.25) is 0 Å². The molecule has 0 fully saturated rings. The number of para-hydroxylation sites is 1. The van der Waals surface area contributed by atoms with Gasteiger partial charge in [-0.2, -0.15) is 0 Å². The van der Waals surface area contributed by atoms with Crippen molar-refractivity contribution in [1.82, 2.24) is 9.97 Å². The Morgan fingerprint density at radius 3 is 2.95 bits per heavy atom. The normalized spacial score (nSPS) is 16.7. The highest BCUT2D eigenvalue weighted by Gasteiger charge is 2.28. The van der Waals surface area contributed by atoms with Gasteiger partial charge in [-0.1, -0.05) is 18.2 Å². The molecule has 19 heavy (non-hydrogen) atoms. The Balaban J connectivity index is 2.01. The average Bonchev–Trinajstić information content (AvgIpc) is 2.82. The molecule has 1 aliphatic heterocycles. The van der Waals surface area contributed by atoms with Gasteiger partial charge in [0.25, 0.3) is 0 Å². The first-order chi connectivity index (χ1) is 9.16. The Hall–Kier alpha value is -2.63. The first-order valence-electron chi connectivity index (χ1n) is 5.74. The topological polar surface area (TPSA) is 98.3 Å². The van der Waals surface area contributed by atoms with E-state index >= 15 is 0 Å². The smallest absolute Gasteiger partial charge is 0.341 e. The van der Waals surface area contributed by atoms with Crippen molar-refractivity contribution in [3.63, 3.8) is 0 Å². The number of aromatic carboxylic acids is 1. The Kier molecular flexibility index (Phi) is 2.56. The summed E-state index contributed by atoms with van der Waals surface area (Å²) < 4.78 is 5.55. The molecule has 0 saturated heterocycles. The number of anilines is 1. The highest BCUT2D eigenvalue weighted by molar-refractivity contribution is 5.92. The molecule has 0 radical (unpaired) electrons. The summed E-state index contributed by atoms with van der Waals surface area (Å²) in [5.41, 5.74) is 6.54. The lowest BCUT2D eigenvalue weighted by molar-refractivity contribution is 0.0697. The molecular weight excluding hydrogens is 246 g/mol. The fourth-order valence-corrected chi connectivity index (χ4v) is 2.12. The minimum Gasteiger partial charge on any atom is -0.492 e. The zero-order valence-corrected chi connectivity index (χ0v) is 9.91. The maximum absolute atomic E-state index is 10.9. The van der Waals surface area contributed by atoms with E-state index in [9.17, 15) is 4.79 Å². The van der Waals surface area contributed by atoms with Crippen molar-refractivity contribution in [3.8, 4) is 5.75 Å². The quantitative estimate of drug-likeness (QED) is 0.840. The van der Waals surface area contributed by atoms with E-state index in [-0.39, 0.29) is 17.3 Å². The number of nitrogens with two attached hydrogens (primary N) is 1. The Morgan fingerprint density at radius 2 is 2.21 bits per heavy atom. The fourth-order valence-electron chi connectivity index (χ4n) is 2.12. The fraction of sp³-hybridized carbons (Fsp3) is 0.154. The van der Waals surface area contributed by atoms with Crippen LogP contribution in [0.15, 0.2) is 30.5 Å². The summed E-state index contributed by atoms with van der Waals surface area (Å²) in [6.45, 7) is 0.436. The number of rotatable bonds is 2. The molecule has 3 rings (SSSR count). The number of hydrogen-bond donors (Lipinski definition) is 2. The summed E-state index contributed by atoms with van der Waals surface area (Å²) in [7, 11) is 0. The number of carboxylic acids is 1. The van der Waals surface area contributed by atoms with Crippen LogP contribution in [0.25, 0.3) is 0 Å². The van der Waals surface area contributed by atoms with Crippen molar-refractivity contribution < 1.29 is 14.6 Å². The third-order valence-corrected chi connectivity index (χ3v) is 3.08. The summed E-state index contributed by atoms with van der Waals surface area (Å²) >= 11 is 0. The number of benzene rings is 1. The second-order valence-electron chi connectivity index (χ2n) is 4.23. The van der Waals surface area contributed by atoms with Gasteiger partial charge in [0.05, 0.1) is 5.92 Å². The second kappa shape index (κ2) is 4.24. The number of aromatic nitrogens is 2. The van der Waals surface area contributed by atoms with Gasteiger partial charge < -0.3 is 15.6 Å². The van der Waals surface area contributed by atoms with Crippen molar-refractivity contribution >= 4 is 11.8 Å². The minimum atomic E-state index is -1.13. The molecule has 6 heteroatoms. The van der Waals surface area contributed by atoms with E-state index in [0.717, 1.165) is 11.3 Å². The van der Waals surface area contributed by atoms with Gasteiger partial charge in [0.2, 0.25) is 0 Å². The molecule has 2 aromatic rings. The number of carbonyl (C=O) groups is 1. The van der Waals surface area contributed by atoms with Crippen LogP contribution in [-0.4, -0.2) is 27.7 Å². The molecule has 1 atom stereocenters. The maximum Gasteiger partial charge on any atom is 0.341 e. The number of nitrogen functional groups attached to an aromatic ring is 1. The summed E-state index contributed by atoms with van der Waals surface area (Å²) in [5, 5.41) is 8.89. The van der Waals surface area contributed by atoms with Gasteiger partial charge in [0.1, 0.15) is 29.6 Å². The molecule has 3 N–H and O–H groups in total. The molecule has 1 aliphatic rings. The summed E-state index contributed by atoms with van der Waals surface area (Å²) in [6, 6.07) is 7.63. The summed E-state index contributed by atoms with van der Waals surface area (Å²) in [6.07, 6.45) is 1.24. The van der Waals surface area contributed by atoms with E-state index in [4.69, 9.17) is 15.6 Å². The lowest BCUT2D eigenvalue weighted by Crippen LogP contribution is -2.12. The highest BCUT2D eigenvalue weighted by Crippen LogP contribution is 2.36. The summed E-state index contributed by atoms with van der Waals surface area (Å²) in [4.78, 5) is 19.0. The van der Waals surface area contributed by atoms with Crippen molar-refractivity contribution in [3.05, 3.63) is 47.4 Å². The predicted octanol–water partition coefficient (Wildman–Crippen LogP) is 1.28. The Morgan fingerprint density at radius 1 is 1.42 bits per heavy atom. The van der Waals surface area contributed by atoms with Crippen LogP contribution in [0.1, 0.15) is 27.7 Å². The molecule has 0 amide bonds. The monoisotopic (exact) mass is 257 g/mol. The molecule has 1 unspecified atom stereocenters. The van der Waals surface area contributed by atoms with Crippen molar-refractivity contribution in [2.75, 3.05) is 12.3 Å². The molecule has 0 aliphatic carbocycles. The number of fused-ring (bicyclic) bond motifs is 1. The van der Waals surface area contributed by atoms with E-state index in [2.05, 4.69) is 9.97 Å². The lowest BCUT2D eigenvalue weighted by atomic mass is 10.0. The lowest BCUT2D eigenvalue weighted by Gasteiger charge is -2.08. The van der Waals surface area contributed by atoms with Crippen LogP contribution < -0.4 is 10.5 Å². The number of nitrogens with zero attached hydrogens (tertiary/aromatic N) is 2. The van der Waals surface area contributed by atoms with E-state index in [0.29, 0.717) is 12.4 Å². The van der Waals surface area contributed by atoms with Crippen LogP contribution in [0.2, 0.25) is 0 Å². The number of hydrogen-bond acceptors (Lipinski definition) is 5. The van der Waals surface area contributed by atoms with Crippen LogP contribution in [0.5, 0.6) is 5.75 Å². The van der Waals surface area contributed by atoms with Crippen LogP contribution >= 0.6 is 0 Å². The Labute approximate surface area is 108 Å². The third kappa shape index (κ3) is 1.87. The van der Waals surface area contributed by atoms with Gasteiger partial charge in [0.15, 0.2) is 0 Å². The van der Waals surface area contributed by atoms with Gasteiger partial charge in [0, 0.05) is 11.8 Å². The number of ether oxygens (including phenoxy) is 1. The first kappa shape index (κ1) is 11.5. The molecule has 1 aromatic heterocycles. The van der Waals surface area contributed by atoms with Gasteiger partial charge in [-0.15, -0.1) is 0 Å². The van der Waals surface area contributed by atoms with Crippen molar-refractivity contribution in [1.29, 1.82) is 0 Å². The Bertz CT molecular complexity index is 657. The molecule has 6 nitrogen and oxygen atoms in total. The predicted molar refractivity (Wildman–Crippen MR) is 67.2 cm³/mol. The van der Waals surface area contributed by atoms with Gasteiger partial charge >= 0.3 is 5.97 Å². The van der Waals surface area contributed by atoms with Crippen molar-refractivity contribution in [2.45, 2.75) is 5.92 Å². The molecule has 96 valence electrons. The standard InChI is InChI=1S/C13H11N3O3/c14-11-8(13(17)18)5-15-12(16-11)9-6-19-10-4-2-1-3-7(9)10/h1-5,9H,6H2,(H,17,18)(H2,14,15,16). The highest BCUT2D eigenvalue weighted by atomic mass is 16.5. The third-order valence-electron chi connectivity index (χ3n) is 3.08. The van der Waals surface area contributed by atoms with E-state index in [1.54, 1.807) is 0 Å². The average molecular weight is 257 g/mol. The molecule has 0 bridgehead atoms. The van der Waals surface area contributed by atoms with Gasteiger partial charge in [-0.25, -0.2) is 14.8 Å².